The average Bonchev–Trinajstić information content (AvgIpc) is 2.89. The third kappa shape index (κ3) is 4.14. The maximum absolute atomic E-state index is 12.7. The van der Waals surface area contributed by atoms with Crippen LogP contribution in [0.4, 0.5) is 0 Å². The Morgan fingerprint density at radius 3 is 2.75 bits per heavy atom. The van der Waals surface area contributed by atoms with E-state index < -0.39 is 0 Å². The smallest absolute Gasteiger partial charge is 0.227 e. The quantitative estimate of drug-likeness (QED) is 0.804. The molecular weight excluding hydrogens is 358 g/mol. The molecule has 0 bridgehead atoms. The molecule has 150 valence electrons. The fourth-order valence-corrected chi connectivity index (χ4v) is 3.86. The second-order valence-electron chi connectivity index (χ2n) is 7.51. The molecule has 1 amide bonds. The number of amides is 1. The van der Waals surface area contributed by atoms with Gasteiger partial charge in [0.15, 0.2) is 11.5 Å². The molecule has 3 heterocycles. The summed E-state index contributed by atoms with van der Waals surface area (Å²) in [7, 11) is 0. The van der Waals surface area contributed by atoms with Crippen LogP contribution in [0, 0.1) is 13.8 Å². The van der Waals surface area contributed by atoms with Crippen LogP contribution in [0.15, 0.2) is 28.8 Å². The van der Waals surface area contributed by atoms with Crippen LogP contribution in [0.1, 0.15) is 23.4 Å². The van der Waals surface area contributed by atoms with Gasteiger partial charge in [0.2, 0.25) is 5.91 Å². The third-order valence-corrected chi connectivity index (χ3v) is 5.48. The van der Waals surface area contributed by atoms with Gasteiger partial charge in [-0.25, -0.2) is 0 Å². The summed E-state index contributed by atoms with van der Waals surface area (Å²) in [6, 6.07) is 7.78. The number of aryl methyl sites for hydroxylation is 2. The molecule has 1 aromatic carbocycles. The molecule has 4 rings (SSSR count). The summed E-state index contributed by atoms with van der Waals surface area (Å²) in [5, 5.41) is 3.95. The van der Waals surface area contributed by atoms with Crippen molar-refractivity contribution in [3.05, 3.63) is 41.3 Å². The lowest BCUT2D eigenvalue weighted by Gasteiger charge is -2.30. The van der Waals surface area contributed by atoms with Crippen molar-refractivity contribution in [2.24, 2.45) is 0 Å². The molecule has 1 aromatic heterocycles. The second-order valence-corrected chi connectivity index (χ2v) is 7.51. The predicted molar refractivity (Wildman–Crippen MR) is 104 cm³/mol. The van der Waals surface area contributed by atoms with Crippen molar-refractivity contribution < 1.29 is 18.8 Å². The number of hydrogen-bond donors (Lipinski definition) is 0. The van der Waals surface area contributed by atoms with Crippen molar-refractivity contribution in [3.63, 3.8) is 0 Å². The Kier molecular flexibility index (Phi) is 5.52. The van der Waals surface area contributed by atoms with E-state index in [0.29, 0.717) is 13.0 Å². The number of nitrogens with zero attached hydrogens (tertiary/aromatic N) is 3. The Labute approximate surface area is 165 Å². The van der Waals surface area contributed by atoms with Gasteiger partial charge in [0.05, 0.1) is 12.1 Å². The first-order chi connectivity index (χ1) is 13.6. The average molecular weight is 385 g/mol. The number of hydrogen-bond acceptors (Lipinski definition) is 6. The van der Waals surface area contributed by atoms with E-state index >= 15 is 0 Å². The van der Waals surface area contributed by atoms with Crippen molar-refractivity contribution in [1.82, 2.24) is 15.0 Å². The Hall–Kier alpha value is -2.54. The molecule has 7 heteroatoms. The number of carbonyl (C=O) groups excluding carboxylic acids is 1. The molecule has 1 fully saturated rings. The summed E-state index contributed by atoms with van der Waals surface area (Å²) in [4.78, 5) is 17.1. The number of fused-ring (bicyclic) bond motifs is 1. The molecule has 1 atom stereocenters. The summed E-state index contributed by atoms with van der Waals surface area (Å²) in [5.41, 5.74) is 1.72. The molecule has 2 aliphatic heterocycles. The molecule has 2 aliphatic rings. The van der Waals surface area contributed by atoms with Gasteiger partial charge in [-0.2, -0.15) is 0 Å². The molecule has 0 spiro atoms. The maximum atomic E-state index is 12.7. The molecule has 2 aromatic rings. The van der Waals surface area contributed by atoms with Gasteiger partial charge in [-0.3, -0.25) is 9.69 Å². The van der Waals surface area contributed by atoms with Gasteiger partial charge in [-0.1, -0.05) is 17.3 Å². The minimum Gasteiger partial charge on any atom is -0.486 e. The second kappa shape index (κ2) is 8.22. The van der Waals surface area contributed by atoms with Crippen LogP contribution in [0.3, 0.4) is 0 Å². The first-order valence-electron chi connectivity index (χ1n) is 9.90. The van der Waals surface area contributed by atoms with E-state index in [1.807, 2.05) is 43.0 Å². The standard InChI is InChI=1S/C21H27N3O4/c1-15-18(16(2)28-22-15)12-21(25)24-9-5-8-23(10-11-24)13-17-14-26-19-6-3-4-7-20(19)27-17/h3-4,6-7,17H,5,8-14H2,1-2H3. The fourth-order valence-electron chi connectivity index (χ4n) is 3.86. The van der Waals surface area contributed by atoms with E-state index in [1.54, 1.807) is 0 Å². The number of benzene rings is 1. The van der Waals surface area contributed by atoms with Crippen LogP contribution in [0.5, 0.6) is 11.5 Å². The normalized spacial score (nSPS) is 20.1. The van der Waals surface area contributed by atoms with Crippen LogP contribution in [0.2, 0.25) is 0 Å². The monoisotopic (exact) mass is 385 g/mol. The zero-order valence-electron chi connectivity index (χ0n) is 16.5. The predicted octanol–water partition coefficient (Wildman–Crippen LogP) is 2.21. The summed E-state index contributed by atoms with van der Waals surface area (Å²) in [6.45, 7) is 8.41. The molecule has 7 nitrogen and oxygen atoms in total. The highest BCUT2D eigenvalue weighted by Gasteiger charge is 2.26. The van der Waals surface area contributed by atoms with Gasteiger partial charge in [0, 0.05) is 38.3 Å². The number of ether oxygens (including phenoxy) is 2. The molecule has 1 saturated heterocycles. The lowest BCUT2D eigenvalue weighted by Crippen LogP contribution is -2.43. The first-order valence-corrected chi connectivity index (χ1v) is 9.90. The van der Waals surface area contributed by atoms with Gasteiger partial charge in [-0.15, -0.1) is 0 Å². The summed E-state index contributed by atoms with van der Waals surface area (Å²) in [5.74, 6) is 2.50. The minimum atomic E-state index is 0.0134. The lowest BCUT2D eigenvalue weighted by molar-refractivity contribution is -0.130. The number of carbonyl (C=O) groups is 1. The first kappa shape index (κ1) is 18.8. The Balaban J connectivity index is 1.30. The van der Waals surface area contributed by atoms with Crippen molar-refractivity contribution in [1.29, 1.82) is 0 Å². The lowest BCUT2D eigenvalue weighted by atomic mass is 10.1. The van der Waals surface area contributed by atoms with E-state index in [9.17, 15) is 4.79 Å². The highest BCUT2D eigenvalue weighted by Crippen LogP contribution is 2.31. The van der Waals surface area contributed by atoms with Crippen molar-refractivity contribution in [2.75, 3.05) is 39.3 Å². The Morgan fingerprint density at radius 2 is 1.96 bits per heavy atom. The highest BCUT2D eigenvalue weighted by atomic mass is 16.6. The highest BCUT2D eigenvalue weighted by molar-refractivity contribution is 5.79. The minimum absolute atomic E-state index is 0.0134. The molecule has 28 heavy (non-hydrogen) atoms. The molecule has 1 unspecified atom stereocenters. The van der Waals surface area contributed by atoms with E-state index in [2.05, 4.69) is 10.1 Å². The van der Waals surface area contributed by atoms with Crippen LogP contribution in [-0.4, -0.2) is 66.3 Å². The van der Waals surface area contributed by atoms with Gasteiger partial charge >= 0.3 is 0 Å². The van der Waals surface area contributed by atoms with Crippen molar-refractivity contribution in [2.45, 2.75) is 32.8 Å². The van der Waals surface area contributed by atoms with E-state index in [-0.39, 0.29) is 12.0 Å². The van der Waals surface area contributed by atoms with Crippen LogP contribution >= 0.6 is 0 Å². The molecule has 0 aliphatic carbocycles. The molecule has 0 saturated carbocycles. The van der Waals surface area contributed by atoms with E-state index in [4.69, 9.17) is 14.0 Å². The number of rotatable bonds is 4. The molecule has 0 radical (unpaired) electrons. The van der Waals surface area contributed by atoms with E-state index in [1.165, 1.54) is 0 Å². The van der Waals surface area contributed by atoms with Crippen molar-refractivity contribution in [3.8, 4) is 11.5 Å². The van der Waals surface area contributed by atoms with Gasteiger partial charge < -0.3 is 18.9 Å². The summed E-state index contributed by atoms with van der Waals surface area (Å²) < 4.78 is 17.1. The van der Waals surface area contributed by atoms with Crippen LogP contribution in [-0.2, 0) is 11.2 Å². The molecular formula is C21H27N3O4. The SMILES string of the molecule is Cc1noc(C)c1CC(=O)N1CCCN(CC2COc3ccccc3O2)CC1. The van der Waals surface area contributed by atoms with Crippen molar-refractivity contribution >= 4 is 5.91 Å². The maximum Gasteiger partial charge on any atom is 0.227 e. The van der Waals surface area contributed by atoms with E-state index in [0.717, 1.165) is 67.7 Å². The number of aromatic nitrogens is 1. The van der Waals surface area contributed by atoms with Crippen LogP contribution in [0.25, 0.3) is 0 Å². The zero-order chi connectivity index (χ0) is 19.5. The molecule has 0 N–H and O–H groups in total. The summed E-state index contributed by atoms with van der Waals surface area (Å²) >= 11 is 0. The van der Waals surface area contributed by atoms with Gasteiger partial charge in [0.1, 0.15) is 18.5 Å². The third-order valence-electron chi connectivity index (χ3n) is 5.48. The fraction of sp³-hybridized carbons (Fsp3) is 0.524. The van der Waals surface area contributed by atoms with Crippen LogP contribution < -0.4 is 9.47 Å². The van der Waals surface area contributed by atoms with Gasteiger partial charge in [-0.05, 0) is 32.4 Å². The van der Waals surface area contributed by atoms with Gasteiger partial charge in [0.25, 0.3) is 0 Å². The Bertz CT molecular complexity index is 815. The summed E-state index contributed by atoms with van der Waals surface area (Å²) in [6.07, 6.45) is 1.33. The number of para-hydroxylation sites is 2. The zero-order valence-corrected chi connectivity index (χ0v) is 16.5. The Morgan fingerprint density at radius 1 is 1.14 bits per heavy atom. The topological polar surface area (TPSA) is 68.0 Å². The largest absolute Gasteiger partial charge is 0.486 e.